The molecule has 20 heavy (non-hydrogen) atoms. The summed E-state index contributed by atoms with van der Waals surface area (Å²) >= 11 is 8.55. The Hall–Kier alpha value is -1.59. The Morgan fingerprint density at radius 1 is 1.20 bits per heavy atom. The molecule has 3 N–H and O–H groups in total. The number of hydrogen-bond acceptors (Lipinski definition) is 3. The van der Waals surface area contributed by atoms with Gasteiger partial charge in [-0.25, -0.2) is 0 Å². The molecule has 2 aromatic carbocycles. The lowest BCUT2D eigenvalue weighted by Gasteiger charge is -2.16. The van der Waals surface area contributed by atoms with Crippen molar-refractivity contribution in [2.75, 3.05) is 24.3 Å². The van der Waals surface area contributed by atoms with Gasteiger partial charge in [-0.2, -0.15) is 0 Å². The number of anilines is 3. The first kappa shape index (κ1) is 14.8. The average molecular weight is 350 g/mol. The van der Waals surface area contributed by atoms with E-state index >= 15 is 0 Å². The summed E-state index contributed by atoms with van der Waals surface area (Å²) in [5.74, 6) is 0. The molecule has 0 aliphatic rings. The van der Waals surface area contributed by atoms with E-state index in [2.05, 4.69) is 38.3 Å². The highest BCUT2D eigenvalue weighted by Gasteiger charge is 2.07. The molecule has 0 aliphatic heterocycles. The van der Waals surface area contributed by atoms with Gasteiger partial charge in [0, 0.05) is 41.2 Å². The van der Waals surface area contributed by atoms with Gasteiger partial charge >= 0.3 is 0 Å². The second-order valence-corrected chi connectivity index (χ2v) is 5.98. The van der Waals surface area contributed by atoms with E-state index in [-0.39, 0.29) is 0 Å². The molecule has 0 saturated heterocycles. The number of halogens is 1. The summed E-state index contributed by atoms with van der Waals surface area (Å²) < 4.78 is 0.976. The van der Waals surface area contributed by atoms with Crippen molar-refractivity contribution in [3.63, 3.8) is 0 Å². The largest absolute Gasteiger partial charge is 0.389 e. The first-order valence-electron chi connectivity index (χ1n) is 6.11. The zero-order chi connectivity index (χ0) is 14.7. The molecule has 0 saturated carbocycles. The number of nitrogens with two attached hydrogens (primary N) is 1. The van der Waals surface area contributed by atoms with Gasteiger partial charge in [-0.05, 0) is 36.4 Å². The minimum absolute atomic E-state index is 0.378. The van der Waals surface area contributed by atoms with Gasteiger partial charge in [0.1, 0.15) is 4.99 Å². The lowest BCUT2D eigenvalue weighted by Crippen LogP contribution is -2.12. The smallest absolute Gasteiger partial charge is 0.106 e. The van der Waals surface area contributed by atoms with Crippen LogP contribution in [0.4, 0.5) is 17.1 Å². The Kier molecular flexibility index (Phi) is 4.62. The van der Waals surface area contributed by atoms with Crippen molar-refractivity contribution in [1.29, 1.82) is 0 Å². The summed E-state index contributed by atoms with van der Waals surface area (Å²) in [4.78, 5) is 2.43. The van der Waals surface area contributed by atoms with E-state index in [9.17, 15) is 0 Å². The molecule has 0 aromatic heterocycles. The van der Waals surface area contributed by atoms with E-state index in [1.54, 1.807) is 0 Å². The van der Waals surface area contributed by atoms with E-state index in [1.807, 2.05) is 44.4 Å². The van der Waals surface area contributed by atoms with Crippen LogP contribution >= 0.6 is 28.1 Å². The molecular formula is C15H16BrN3S. The van der Waals surface area contributed by atoms with E-state index in [1.165, 1.54) is 0 Å². The van der Waals surface area contributed by atoms with E-state index in [0.29, 0.717) is 4.99 Å². The number of thiocarbonyl (C=S) groups is 1. The number of benzene rings is 2. The van der Waals surface area contributed by atoms with Crippen molar-refractivity contribution in [3.8, 4) is 0 Å². The third-order valence-corrected chi connectivity index (χ3v) is 3.60. The lowest BCUT2D eigenvalue weighted by molar-refractivity contribution is 1.13. The molecule has 104 valence electrons. The molecule has 0 unspecified atom stereocenters. The van der Waals surface area contributed by atoms with Crippen molar-refractivity contribution >= 4 is 50.2 Å². The maximum absolute atomic E-state index is 5.76. The molecule has 0 amide bonds. The maximum atomic E-state index is 5.76. The van der Waals surface area contributed by atoms with Crippen LogP contribution in [0.3, 0.4) is 0 Å². The van der Waals surface area contributed by atoms with Crippen molar-refractivity contribution in [2.45, 2.75) is 0 Å². The lowest BCUT2D eigenvalue weighted by atomic mass is 10.1. The highest BCUT2D eigenvalue weighted by molar-refractivity contribution is 9.10. The number of hydrogen-bond donors (Lipinski definition) is 2. The van der Waals surface area contributed by atoms with Crippen molar-refractivity contribution < 1.29 is 0 Å². The topological polar surface area (TPSA) is 41.3 Å². The second-order valence-electron chi connectivity index (χ2n) is 4.62. The third kappa shape index (κ3) is 3.49. The molecule has 0 bridgehead atoms. The quantitative estimate of drug-likeness (QED) is 0.821. The molecule has 0 atom stereocenters. The molecule has 5 heteroatoms. The predicted molar refractivity (Wildman–Crippen MR) is 94.1 cm³/mol. The fourth-order valence-corrected chi connectivity index (χ4v) is 2.39. The normalized spacial score (nSPS) is 10.2. The fraction of sp³-hybridized carbons (Fsp3) is 0.133. The van der Waals surface area contributed by atoms with Crippen molar-refractivity contribution in [1.82, 2.24) is 0 Å². The highest BCUT2D eigenvalue weighted by atomic mass is 79.9. The molecule has 0 heterocycles. The van der Waals surface area contributed by atoms with Crippen LogP contribution in [-0.2, 0) is 0 Å². The van der Waals surface area contributed by atoms with Crippen LogP contribution < -0.4 is 16.0 Å². The van der Waals surface area contributed by atoms with Crippen molar-refractivity contribution in [3.05, 3.63) is 52.5 Å². The Morgan fingerprint density at radius 3 is 2.60 bits per heavy atom. The van der Waals surface area contributed by atoms with Crippen LogP contribution in [0.2, 0.25) is 0 Å². The van der Waals surface area contributed by atoms with Crippen LogP contribution in [0.1, 0.15) is 5.56 Å². The van der Waals surface area contributed by atoms with Gasteiger partial charge in [0.25, 0.3) is 0 Å². The number of nitrogens with zero attached hydrogens (tertiary/aromatic N) is 1. The van der Waals surface area contributed by atoms with Gasteiger partial charge in [-0.3, -0.25) is 0 Å². The highest BCUT2D eigenvalue weighted by Crippen LogP contribution is 2.26. The summed E-state index contributed by atoms with van der Waals surface area (Å²) in [6.07, 6.45) is 0. The minimum atomic E-state index is 0.378. The van der Waals surface area contributed by atoms with Crippen LogP contribution in [0.25, 0.3) is 0 Å². The zero-order valence-electron chi connectivity index (χ0n) is 11.4. The average Bonchev–Trinajstić information content (AvgIpc) is 2.38. The summed E-state index contributed by atoms with van der Waals surface area (Å²) in [5, 5.41) is 3.37. The van der Waals surface area contributed by atoms with Crippen LogP contribution in [0.15, 0.2) is 46.9 Å². The van der Waals surface area contributed by atoms with E-state index in [0.717, 1.165) is 27.1 Å². The monoisotopic (exact) mass is 349 g/mol. The van der Waals surface area contributed by atoms with Crippen LogP contribution in [0, 0.1) is 0 Å². The van der Waals surface area contributed by atoms with E-state index < -0.39 is 0 Å². The van der Waals surface area contributed by atoms with Gasteiger partial charge < -0.3 is 16.0 Å². The molecule has 0 radical (unpaired) electrons. The van der Waals surface area contributed by atoms with Gasteiger partial charge in [0.05, 0.1) is 0 Å². The predicted octanol–water partition coefficient (Wildman–Crippen LogP) is 3.89. The first-order valence-corrected chi connectivity index (χ1v) is 7.31. The second kappa shape index (κ2) is 6.24. The fourth-order valence-electron chi connectivity index (χ4n) is 1.85. The van der Waals surface area contributed by atoms with Crippen LogP contribution in [0.5, 0.6) is 0 Å². The van der Waals surface area contributed by atoms with Crippen molar-refractivity contribution in [2.24, 2.45) is 5.73 Å². The Bertz CT molecular complexity index is 641. The summed E-state index contributed by atoms with van der Waals surface area (Å²) in [6, 6.07) is 14.0. The van der Waals surface area contributed by atoms with E-state index in [4.69, 9.17) is 18.0 Å². The number of rotatable bonds is 4. The molecule has 2 aromatic rings. The standard InChI is InChI=1S/C15H16BrN3S/c1-19(2)12-5-3-4-11(9-12)18-14-8-10(16)6-7-13(14)15(17)20/h3-9,18H,1-2H3,(H2,17,20). The van der Waals surface area contributed by atoms with Gasteiger partial charge in [-0.1, -0.05) is 34.2 Å². The maximum Gasteiger partial charge on any atom is 0.106 e. The third-order valence-electron chi connectivity index (χ3n) is 2.89. The molecule has 3 nitrogen and oxygen atoms in total. The summed E-state index contributed by atoms with van der Waals surface area (Å²) in [7, 11) is 4.03. The van der Waals surface area contributed by atoms with Gasteiger partial charge in [0.2, 0.25) is 0 Å². The Morgan fingerprint density at radius 2 is 1.95 bits per heavy atom. The first-order chi connectivity index (χ1) is 9.47. The molecule has 2 rings (SSSR count). The molecular weight excluding hydrogens is 334 g/mol. The van der Waals surface area contributed by atoms with Gasteiger partial charge in [-0.15, -0.1) is 0 Å². The zero-order valence-corrected chi connectivity index (χ0v) is 13.8. The molecule has 0 spiro atoms. The Labute approximate surface area is 132 Å². The summed E-state index contributed by atoms with van der Waals surface area (Å²) in [5.41, 5.74) is 9.61. The van der Waals surface area contributed by atoms with Gasteiger partial charge in [0.15, 0.2) is 0 Å². The SMILES string of the molecule is CN(C)c1cccc(Nc2cc(Br)ccc2C(N)=S)c1. The summed E-state index contributed by atoms with van der Waals surface area (Å²) in [6.45, 7) is 0. The Balaban J connectivity index is 2.36. The molecule has 0 fully saturated rings. The molecule has 0 aliphatic carbocycles. The number of nitrogens with one attached hydrogen (secondary N) is 1. The van der Waals surface area contributed by atoms with Crippen LogP contribution in [-0.4, -0.2) is 19.1 Å². The minimum Gasteiger partial charge on any atom is -0.389 e.